The minimum atomic E-state index is -0.528. The van der Waals surface area contributed by atoms with E-state index in [0.717, 1.165) is 25.9 Å². The highest BCUT2D eigenvalue weighted by atomic mass is 32.2. The lowest BCUT2D eigenvalue weighted by Crippen LogP contribution is -2.35. The fourth-order valence-electron chi connectivity index (χ4n) is 4.48. The van der Waals surface area contributed by atoms with Gasteiger partial charge in [-0.2, -0.15) is 0 Å². The number of ether oxygens (including phenoxy) is 3. The van der Waals surface area contributed by atoms with E-state index in [2.05, 4.69) is 4.90 Å². The van der Waals surface area contributed by atoms with Gasteiger partial charge in [-0.25, -0.2) is 4.90 Å². The Morgan fingerprint density at radius 1 is 0.974 bits per heavy atom. The van der Waals surface area contributed by atoms with Crippen molar-refractivity contribution in [3.05, 3.63) is 53.6 Å². The zero-order valence-corrected chi connectivity index (χ0v) is 23.2. The lowest BCUT2D eigenvalue weighted by atomic mass is 10.1. The predicted octanol–water partition coefficient (Wildman–Crippen LogP) is 4.74. The van der Waals surface area contributed by atoms with Crippen LogP contribution in [0.5, 0.6) is 17.2 Å². The summed E-state index contributed by atoms with van der Waals surface area (Å²) in [6.07, 6.45) is 6.57. The second kappa shape index (κ2) is 12.4. The zero-order chi connectivity index (χ0) is 27.2. The summed E-state index contributed by atoms with van der Waals surface area (Å²) < 4.78 is 16.7. The van der Waals surface area contributed by atoms with Gasteiger partial charge in [0.1, 0.15) is 9.57 Å². The molecule has 1 unspecified atom stereocenters. The highest BCUT2D eigenvalue weighted by Gasteiger charge is 2.41. The zero-order valence-electron chi connectivity index (χ0n) is 21.6. The van der Waals surface area contributed by atoms with Gasteiger partial charge >= 0.3 is 0 Å². The Morgan fingerprint density at radius 2 is 1.61 bits per heavy atom. The number of allylic oxidation sites excluding steroid dienone is 1. The molecule has 38 heavy (non-hydrogen) atoms. The topological polar surface area (TPSA) is 85.4 Å². The van der Waals surface area contributed by atoms with E-state index < -0.39 is 5.25 Å². The van der Waals surface area contributed by atoms with Gasteiger partial charge in [-0.1, -0.05) is 30.1 Å². The summed E-state index contributed by atoms with van der Waals surface area (Å²) >= 11 is 6.85. The fraction of sp³-hybridized carbons (Fsp3) is 0.357. The average molecular weight is 555 g/mol. The van der Waals surface area contributed by atoms with E-state index in [1.807, 2.05) is 0 Å². The van der Waals surface area contributed by atoms with Crippen LogP contribution < -0.4 is 19.1 Å². The van der Waals surface area contributed by atoms with Crippen LogP contribution in [0.2, 0.25) is 0 Å². The Kier molecular flexibility index (Phi) is 9.06. The van der Waals surface area contributed by atoms with Crippen LogP contribution in [0, 0.1) is 0 Å². The van der Waals surface area contributed by atoms with Crippen LogP contribution in [0.4, 0.5) is 5.69 Å². The number of likely N-dealkylation sites (tertiary alicyclic amines) is 1. The number of carbonyl (C=O) groups is 3. The molecule has 2 saturated heterocycles. The summed E-state index contributed by atoms with van der Waals surface area (Å²) in [6, 6.07) is 9.93. The second-order valence-corrected chi connectivity index (χ2v) is 10.7. The number of thiocarbonyl (C=S) groups is 1. The molecule has 0 N–H and O–H groups in total. The van der Waals surface area contributed by atoms with Crippen LogP contribution in [0.3, 0.4) is 0 Å². The number of imide groups is 1. The molecule has 2 aromatic rings. The first-order valence-corrected chi connectivity index (χ1v) is 13.6. The van der Waals surface area contributed by atoms with E-state index >= 15 is 0 Å². The van der Waals surface area contributed by atoms with E-state index in [9.17, 15) is 14.4 Å². The number of thioether (sulfide) groups is 1. The molecule has 10 heteroatoms. The molecule has 8 nitrogen and oxygen atoms in total. The summed E-state index contributed by atoms with van der Waals surface area (Å²) in [6.45, 7) is 1.79. The lowest BCUT2D eigenvalue weighted by Gasteiger charge is -2.29. The van der Waals surface area contributed by atoms with Crippen molar-refractivity contribution >= 4 is 57.7 Å². The number of rotatable bonds is 8. The van der Waals surface area contributed by atoms with Crippen molar-refractivity contribution in [2.24, 2.45) is 0 Å². The summed E-state index contributed by atoms with van der Waals surface area (Å²) in [5.41, 5.74) is 1.56. The molecule has 2 amide bonds. The van der Waals surface area contributed by atoms with Crippen molar-refractivity contribution in [1.82, 2.24) is 4.90 Å². The SMILES string of the molecule is COc1cc(/C=C/C(=O)c2ccc(N3C(=O)CC(SC(=S)N4CCCCC4)C3=O)cc2)cc(OC)c1OC. The van der Waals surface area contributed by atoms with E-state index in [1.54, 1.807) is 42.5 Å². The van der Waals surface area contributed by atoms with Crippen molar-refractivity contribution in [1.29, 1.82) is 0 Å². The molecule has 4 rings (SSSR count). The molecular weight excluding hydrogens is 524 g/mol. The van der Waals surface area contributed by atoms with Crippen molar-refractivity contribution < 1.29 is 28.6 Å². The number of ketones is 1. The van der Waals surface area contributed by atoms with Gasteiger partial charge < -0.3 is 19.1 Å². The maximum Gasteiger partial charge on any atom is 0.247 e. The van der Waals surface area contributed by atoms with Crippen molar-refractivity contribution in [2.45, 2.75) is 30.9 Å². The molecule has 0 aliphatic carbocycles. The number of anilines is 1. The fourth-order valence-corrected chi connectivity index (χ4v) is 6.02. The minimum absolute atomic E-state index is 0.107. The molecule has 0 saturated carbocycles. The number of carbonyl (C=O) groups excluding carboxylic acids is 3. The molecule has 200 valence electrons. The number of benzene rings is 2. The van der Waals surface area contributed by atoms with Gasteiger partial charge in [0.05, 0.1) is 27.0 Å². The standard InChI is InChI=1S/C28H30N2O6S2/c1-34-22-15-18(16-23(35-2)26(22)36-3)7-12-21(31)19-8-10-20(11-9-19)30-25(32)17-24(27(30)33)38-28(37)29-13-5-4-6-14-29/h7-12,15-16,24H,4-6,13-14,17H2,1-3H3/b12-7+. The van der Waals surface area contributed by atoms with Gasteiger partial charge in [0.2, 0.25) is 17.6 Å². The van der Waals surface area contributed by atoms with Crippen molar-refractivity contribution in [3.8, 4) is 17.2 Å². The van der Waals surface area contributed by atoms with Gasteiger partial charge in [0, 0.05) is 25.1 Å². The normalized spacial score (nSPS) is 17.7. The molecule has 2 aromatic carbocycles. The number of hydrogen-bond donors (Lipinski definition) is 0. The number of piperidine rings is 1. The second-order valence-electron chi connectivity index (χ2n) is 8.89. The molecule has 2 fully saturated rings. The molecule has 0 bridgehead atoms. The van der Waals surface area contributed by atoms with Gasteiger partial charge in [-0.3, -0.25) is 14.4 Å². The number of amides is 2. The van der Waals surface area contributed by atoms with Gasteiger partial charge in [0.25, 0.3) is 0 Å². The van der Waals surface area contributed by atoms with Crippen LogP contribution >= 0.6 is 24.0 Å². The molecule has 0 spiro atoms. The smallest absolute Gasteiger partial charge is 0.247 e. The first-order valence-electron chi connectivity index (χ1n) is 12.3. The van der Waals surface area contributed by atoms with Crippen molar-refractivity contribution in [2.75, 3.05) is 39.3 Å². The Hall–Kier alpha value is -3.37. The Labute approximate surface area is 231 Å². The average Bonchev–Trinajstić information content (AvgIpc) is 3.23. The maximum atomic E-state index is 13.1. The molecular formula is C28H30N2O6S2. The highest BCUT2D eigenvalue weighted by molar-refractivity contribution is 8.23. The monoisotopic (exact) mass is 554 g/mol. The third kappa shape index (κ3) is 6.02. The first kappa shape index (κ1) is 27.7. The molecule has 0 radical (unpaired) electrons. The molecule has 0 aromatic heterocycles. The predicted molar refractivity (Wildman–Crippen MR) is 152 cm³/mol. The number of methoxy groups -OCH3 is 3. The van der Waals surface area contributed by atoms with E-state index in [4.69, 9.17) is 26.4 Å². The summed E-state index contributed by atoms with van der Waals surface area (Å²) in [5.74, 6) is 0.655. The molecule has 2 heterocycles. The summed E-state index contributed by atoms with van der Waals surface area (Å²) in [4.78, 5) is 41.9. The van der Waals surface area contributed by atoms with Gasteiger partial charge in [-0.15, -0.1) is 0 Å². The van der Waals surface area contributed by atoms with Crippen LogP contribution in [0.25, 0.3) is 6.08 Å². The van der Waals surface area contributed by atoms with Gasteiger partial charge in [0.15, 0.2) is 17.3 Å². The third-order valence-electron chi connectivity index (χ3n) is 6.49. The number of nitrogens with zero attached hydrogens (tertiary/aromatic N) is 2. The van der Waals surface area contributed by atoms with Crippen LogP contribution in [-0.2, 0) is 9.59 Å². The molecule has 2 aliphatic rings. The summed E-state index contributed by atoms with van der Waals surface area (Å²) in [7, 11) is 4.57. The van der Waals surface area contributed by atoms with Crippen LogP contribution in [-0.4, -0.2) is 66.5 Å². The number of hydrogen-bond acceptors (Lipinski definition) is 8. The Bertz CT molecular complexity index is 1230. The lowest BCUT2D eigenvalue weighted by molar-refractivity contribution is -0.121. The van der Waals surface area contributed by atoms with Crippen LogP contribution in [0.15, 0.2) is 42.5 Å². The molecule has 2 aliphatic heterocycles. The maximum absolute atomic E-state index is 13.1. The van der Waals surface area contributed by atoms with Crippen molar-refractivity contribution in [3.63, 3.8) is 0 Å². The minimum Gasteiger partial charge on any atom is -0.493 e. The van der Waals surface area contributed by atoms with E-state index in [0.29, 0.717) is 38.4 Å². The summed E-state index contributed by atoms with van der Waals surface area (Å²) in [5, 5.41) is -0.528. The van der Waals surface area contributed by atoms with E-state index in [-0.39, 0.29) is 24.0 Å². The van der Waals surface area contributed by atoms with Gasteiger partial charge in [-0.05, 0) is 67.3 Å². The Morgan fingerprint density at radius 3 is 2.18 bits per heavy atom. The largest absolute Gasteiger partial charge is 0.493 e. The highest BCUT2D eigenvalue weighted by Crippen LogP contribution is 2.38. The molecule has 1 atom stereocenters. The Balaban J connectivity index is 1.42. The quantitative estimate of drug-likeness (QED) is 0.199. The van der Waals surface area contributed by atoms with Crippen LogP contribution in [0.1, 0.15) is 41.6 Å². The van der Waals surface area contributed by atoms with E-state index in [1.165, 1.54) is 50.5 Å². The first-order chi connectivity index (χ1) is 18.4. The third-order valence-corrected chi connectivity index (χ3v) is 8.15.